The Morgan fingerprint density at radius 2 is 1.89 bits per heavy atom. The lowest BCUT2D eigenvalue weighted by Crippen LogP contribution is -2.21. The number of H-pyrrole nitrogens is 1. The van der Waals surface area contributed by atoms with Gasteiger partial charge in [-0.3, -0.25) is 15.2 Å². The molecule has 0 bridgehead atoms. The third kappa shape index (κ3) is 2.90. The van der Waals surface area contributed by atoms with E-state index in [4.69, 9.17) is 10.5 Å². The minimum absolute atomic E-state index is 0.0350. The van der Waals surface area contributed by atoms with Crippen LogP contribution in [0, 0.1) is 21.4 Å². The number of aromatic amines is 1. The van der Waals surface area contributed by atoms with Gasteiger partial charge in [-0.1, -0.05) is 40.2 Å². The number of aromatic nitrogens is 2. The molecule has 3 aromatic rings. The van der Waals surface area contributed by atoms with Crippen molar-refractivity contribution in [2.45, 2.75) is 5.92 Å². The lowest BCUT2D eigenvalue weighted by atomic mass is 9.83. The van der Waals surface area contributed by atoms with Crippen molar-refractivity contribution in [1.82, 2.24) is 10.2 Å². The first-order chi connectivity index (χ1) is 13.5. The summed E-state index contributed by atoms with van der Waals surface area (Å²) in [5, 5.41) is 27.8. The van der Waals surface area contributed by atoms with E-state index in [1.54, 1.807) is 12.1 Å². The number of rotatable bonds is 3. The second kappa shape index (κ2) is 6.83. The Labute approximate surface area is 167 Å². The van der Waals surface area contributed by atoms with Gasteiger partial charge < -0.3 is 10.5 Å². The zero-order chi connectivity index (χ0) is 19.8. The molecule has 1 atom stereocenters. The van der Waals surface area contributed by atoms with Crippen molar-refractivity contribution in [3.05, 3.63) is 85.7 Å². The van der Waals surface area contributed by atoms with Gasteiger partial charge in [-0.2, -0.15) is 5.26 Å². The Morgan fingerprint density at radius 1 is 1.21 bits per heavy atom. The van der Waals surface area contributed by atoms with Crippen LogP contribution in [0.5, 0.6) is 5.88 Å². The van der Waals surface area contributed by atoms with Crippen molar-refractivity contribution in [1.29, 1.82) is 5.26 Å². The molecular formula is C19H12BrN5O3. The molecule has 28 heavy (non-hydrogen) atoms. The first-order valence-electron chi connectivity index (χ1n) is 8.15. The molecule has 0 radical (unpaired) electrons. The zero-order valence-corrected chi connectivity index (χ0v) is 15.8. The molecule has 0 unspecified atom stereocenters. The number of halogens is 1. The van der Waals surface area contributed by atoms with E-state index in [1.807, 2.05) is 24.3 Å². The van der Waals surface area contributed by atoms with E-state index in [2.05, 4.69) is 32.2 Å². The van der Waals surface area contributed by atoms with E-state index in [1.165, 1.54) is 12.1 Å². The molecule has 0 aliphatic carbocycles. The average molecular weight is 438 g/mol. The van der Waals surface area contributed by atoms with Gasteiger partial charge in [0.2, 0.25) is 11.8 Å². The summed E-state index contributed by atoms with van der Waals surface area (Å²) in [7, 11) is 0. The Hall–Kier alpha value is -3.64. The van der Waals surface area contributed by atoms with Crippen LogP contribution in [0.15, 0.2) is 64.5 Å². The molecule has 2 aromatic carbocycles. The molecule has 1 aliphatic heterocycles. The fraction of sp³-hybridized carbons (Fsp3) is 0.0526. The van der Waals surface area contributed by atoms with Crippen LogP contribution in [-0.2, 0) is 0 Å². The highest BCUT2D eigenvalue weighted by atomic mass is 79.9. The van der Waals surface area contributed by atoms with Gasteiger partial charge in [0.15, 0.2) is 0 Å². The van der Waals surface area contributed by atoms with Crippen LogP contribution in [0.3, 0.4) is 0 Å². The average Bonchev–Trinajstić information content (AvgIpc) is 3.10. The maximum Gasteiger partial charge on any atom is 0.269 e. The predicted molar refractivity (Wildman–Crippen MR) is 104 cm³/mol. The maximum atomic E-state index is 11.0. The van der Waals surface area contributed by atoms with Crippen LogP contribution in [0.2, 0.25) is 0 Å². The predicted octanol–water partition coefficient (Wildman–Crippen LogP) is 3.97. The molecule has 1 aliphatic rings. The fourth-order valence-corrected chi connectivity index (χ4v) is 3.47. The number of nitrogens with one attached hydrogen (secondary N) is 1. The molecule has 0 saturated heterocycles. The highest BCUT2D eigenvalue weighted by molar-refractivity contribution is 9.10. The topological polar surface area (TPSA) is 131 Å². The van der Waals surface area contributed by atoms with Gasteiger partial charge in [0, 0.05) is 22.2 Å². The Kier molecular flexibility index (Phi) is 4.33. The normalized spacial score (nSPS) is 15.5. The summed E-state index contributed by atoms with van der Waals surface area (Å²) < 4.78 is 6.48. The minimum atomic E-state index is -0.563. The number of allylic oxidation sites excluding steroid dienone is 1. The van der Waals surface area contributed by atoms with E-state index in [0.29, 0.717) is 16.8 Å². The number of nitriles is 1. The molecule has 8 nitrogen and oxygen atoms in total. The van der Waals surface area contributed by atoms with Gasteiger partial charge in [0.1, 0.15) is 11.6 Å². The van der Waals surface area contributed by atoms with Crippen molar-refractivity contribution in [2.24, 2.45) is 5.73 Å². The molecule has 1 aromatic heterocycles. The molecule has 0 fully saturated rings. The fourth-order valence-electron chi connectivity index (χ4n) is 3.20. The SMILES string of the molecule is N#CC1=C(N)Oc2n[nH]c(-c3ccc(Br)cc3)c2[C@@H]1c1ccc([N+](=O)[O-])cc1. The summed E-state index contributed by atoms with van der Waals surface area (Å²) in [6.45, 7) is 0. The Morgan fingerprint density at radius 3 is 2.50 bits per heavy atom. The highest BCUT2D eigenvalue weighted by Crippen LogP contribution is 2.45. The van der Waals surface area contributed by atoms with Crippen LogP contribution in [-0.4, -0.2) is 15.1 Å². The number of nitrogens with zero attached hydrogens (tertiary/aromatic N) is 3. The summed E-state index contributed by atoms with van der Waals surface area (Å²) in [5.74, 6) is -0.322. The van der Waals surface area contributed by atoms with Gasteiger partial charge in [0.05, 0.1) is 22.1 Å². The smallest absolute Gasteiger partial charge is 0.269 e. The number of non-ortho nitro benzene ring substituents is 1. The lowest BCUT2D eigenvalue weighted by molar-refractivity contribution is -0.384. The van der Waals surface area contributed by atoms with Gasteiger partial charge in [-0.05, 0) is 17.7 Å². The second-order valence-electron chi connectivity index (χ2n) is 6.10. The van der Waals surface area contributed by atoms with E-state index >= 15 is 0 Å². The van der Waals surface area contributed by atoms with Gasteiger partial charge in [-0.25, -0.2) is 0 Å². The van der Waals surface area contributed by atoms with Crippen molar-refractivity contribution in [3.8, 4) is 23.2 Å². The number of hydrogen-bond acceptors (Lipinski definition) is 6. The first-order valence-corrected chi connectivity index (χ1v) is 8.95. The van der Waals surface area contributed by atoms with E-state index in [9.17, 15) is 15.4 Å². The zero-order valence-electron chi connectivity index (χ0n) is 14.2. The third-order valence-electron chi connectivity index (χ3n) is 4.51. The summed E-state index contributed by atoms with van der Waals surface area (Å²) in [5.41, 5.74) is 9.00. The second-order valence-corrected chi connectivity index (χ2v) is 7.01. The van der Waals surface area contributed by atoms with Gasteiger partial charge in [-0.15, -0.1) is 5.10 Å². The van der Waals surface area contributed by atoms with Crippen molar-refractivity contribution < 1.29 is 9.66 Å². The molecule has 2 heterocycles. The van der Waals surface area contributed by atoms with Crippen molar-refractivity contribution in [3.63, 3.8) is 0 Å². The van der Waals surface area contributed by atoms with Crippen LogP contribution in [0.4, 0.5) is 5.69 Å². The largest absolute Gasteiger partial charge is 0.420 e. The molecule has 4 rings (SSSR count). The summed E-state index contributed by atoms with van der Waals surface area (Å²) in [4.78, 5) is 10.5. The van der Waals surface area contributed by atoms with Crippen LogP contribution in [0.1, 0.15) is 17.0 Å². The van der Waals surface area contributed by atoms with Crippen LogP contribution >= 0.6 is 15.9 Å². The third-order valence-corrected chi connectivity index (χ3v) is 5.04. The number of ether oxygens (including phenoxy) is 1. The number of nitrogens with two attached hydrogens (primary N) is 1. The summed E-state index contributed by atoms with van der Waals surface area (Å²) >= 11 is 3.41. The molecule has 3 N–H and O–H groups in total. The molecule has 0 saturated carbocycles. The number of nitro groups is 1. The van der Waals surface area contributed by atoms with E-state index < -0.39 is 10.8 Å². The number of hydrogen-bond donors (Lipinski definition) is 2. The van der Waals surface area contributed by atoms with Crippen molar-refractivity contribution >= 4 is 21.6 Å². The molecule has 0 amide bonds. The number of benzene rings is 2. The number of nitro benzene ring substituents is 1. The maximum absolute atomic E-state index is 11.0. The standard InChI is InChI=1S/C19H12BrN5O3/c20-12-5-1-11(2-6-12)17-16-15(10-3-7-13(8-4-10)25(26)27)14(9-21)18(22)28-19(16)24-23-17/h1-8,15H,22H2,(H,23,24)/t15-/m1/s1. The summed E-state index contributed by atoms with van der Waals surface area (Å²) in [6.07, 6.45) is 0. The molecular weight excluding hydrogens is 426 g/mol. The molecule has 0 spiro atoms. The van der Waals surface area contributed by atoms with Gasteiger partial charge >= 0.3 is 0 Å². The monoisotopic (exact) mass is 437 g/mol. The first kappa shape index (κ1) is 17.8. The minimum Gasteiger partial charge on any atom is -0.420 e. The Bertz CT molecular complexity index is 1140. The highest BCUT2D eigenvalue weighted by Gasteiger charge is 2.35. The quantitative estimate of drug-likeness (QED) is 0.470. The van der Waals surface area contributed by atoms with Crippen LogP contribution < -0.4 is 10.5 Å². The molecule has 138 valence electrons. The van der Waals surface area contributed by atoms with Gasteiger partial charge in [0.25, 0.3) is 5.69 Å². The van der Waals surface area contributed by atoms with Crippen molar-refractivity contribution in [2.75, 3.05) is 0 Å². The molecule has 9 heteroatoms. The summed E-state index contributed by atoms with van der Waals surface area (Å²) in [6, 6.07) is 15.7. The number of fused-ring (bicyclic) bond motifs is 1. The lowest BCUT2D eigenvalue weighted by Gasteiger charge is -2.24. The Balaban J connectivity index is 1.90. The van der Waals surface area contributed by atoms with E-state index in [0.717, 1.165) is 10.0 Å². The van der Waals surface area contributed by atoms with E-state index in [-0.39, 0.29) is 23.0 Å². The van der Waals surface area contributed by atoms with Crippen LogP contribution in [0.25, 0.3) is 11.3 Å².